The summed E-state index contributed by atoms with van der Waals surface area (Å²) in [6, 6.07) is 8.15. The zero-order valence-corrected chi connectivity index (χ0v) is 9.93. The lowest BCUT2D eigenvalue weighted by Gasteiger charge is -2.29. The predicted octanol–water partition coefficient (Wildman–Crippen LogP) is 3.41. The van der Waals surface area contributed by atoms with Crippen molar-refractivity contribution in [1.29, 1.82) is 0 Å². The van der Waals surface area contributed by atoms with Gasteiger partial charge in [-0.3, -0.25) is 4.79 Å². The minimum atomic E-state index is 0.292. The van der Waals surface area contributed by atoms with Crippen LogP contribution >= 0.6 is 11.8 Å². The molecule has 3 rings (SSSR count). The van der Waals surface area contributed by atoms with Gasteiger partial charge in [-0.1, -0.05) is 30.8 Å². The van der Waals surface area contributed by atoms with Gasteiger partial charge in [0.15, 0.2) is 5.78 Å². The van der Waals surface area contributed by atoms with Crippen molar-refractivity contribution in [3.63, 3.8) is 0 Å². The van der Waals surface area contributed by atoms with Gasteiger partial charge in [-0.2, -0.15) is 0 Å². The van der Waals surface area contributed by atoms with Gasteiger partial charge < -0.3 is 5.32 Å². The van der Waals surface area contributed by atoms with E-state index in [9.17, 15) is 4.79 Å². The molecule has 0 unspecified atom stereocenters. The topological polar surface area (TPSA) is 29.1 Å². The van der Waals surface area contributed by atoms with Crippen molar-refractivity contribution in [3.8, 4) is 0 Å². The number of hydrogen-bond acceptors (Lipinski definition) is 3. The summed E-state index contributed by atoms with van der Waals surface area (Å²) in [5.74, 6) is 0.755. The van der Waals surface area contributed by atoms with E-state index in [0.29, 0.717) is 18.1 Å². The standard InChI is InChI=1S/C13H13NOS/c1-8-6-10-13(11(15)7-8)16-12-5-3-2-4-9(12)14-10/h2-5,8,14H,6-7H2,1H3/t8-/m0/s1. The molecule has 0 spiro atoms. The van der Waals surface area contributed by atoms with Crippen LogP contribution in [0.25, 0.3) is 0 Å². The molecule has 0 amide bonds. The average molecular weight is 231 g/mol. The molecule has 0 bridgehead atoms. The predicted molar refractivity (Wildman–Crippen MR) is 66.4 cm³/mol. The summed E-state index contributed by atoms with van der Waals surface area (Å²) in [6.45, 7) is 2.13. The van der Waals surface area contributed by atoms with E-state index in [1.54, 1.807) is 11.8 Å². The van der Waals surface area contributed by atoms with Crippen LogP contribution in [-0.4, -0.2) is 5.78 Å². The Balaban J connectivity index is 2.01. The van der Waals surface area contributed by atoms with Gasteiger partial charge in [-0.15, -0.1) is 0 Å². The van der Waals surface area contributed by atoms with Gasteiger partial charge in [0.1, 0.15) is 0 Å². The second-order valence-electron chi connectivity index (χ2n) is 4.47. The molecule has 0 radical (unpaired) electrons. The number of nitrogens with one attached hydrogen (secondary N) is 1. The number of Topliss-reactive ketones (excluding diaryl/α,β-unsaturated/α-hetero) is 1. The van der Waals surface area contributed by atoms with Crippen molar-refractivity contribution in [2.45, 2.75) is 24.7 Å². The van der Waals surface area contributed by atoms with E-state index in [1.807, 2.05) is 12.1 Å². The quantitative estimate of drug-likeness (QED) is 0.742. The van der Waals surface area contributed by atoms with E-state index in [1.165, 1.54) is 0 Å². The Morgan fingerprint density at radius 1 is 1.31 bits per heavy atom. The highest BCUT2D eigenvalue weighted by molar-refractivity contribution is 8.04. The van der Waals surface area contributed by atoms with E-state index in [-0.39, 0.29) is 0 Å². The summed E-state index contributed by atoms with van der Waals surface area (Å²) in [7, 11) is 0. The molecule has 1 heterocycles. The first-order chi connectivity index (χ1) is 7.74. The van der Waals surface area contributed by atoms with Crippen LogP contribution in [0.4, 0.5) is 5.69 Å². The molecule has 2 nitrogen and oxygen atoms in total. The summed E-state index contributed by atoms with van der Waals surface area (Å²) in [5.41, 5.74) is 2.25. The Morgan fingerprint density at radius 3 is 3.00 bits per heavy atom. The van der Waals surface area contributed by atoms with Crippen LogP contribution in [0.2, 0.25) is 0 Å². The molecule has 3 heteroatoms. The highest BCUT2D eigenvalue weighted by Gasteiger charge is 2.29. The Kier molecular flexibility index (Phi) is 2.28. The molecule has 1 aromatic carbocycles. The van der Waals surface area contributed by atoms with Crippen LogP contribution in [0.3, 0.4) is 0 Å². The van der Waals surface area contributed by atoms with Gasteiger partial charge in [-0.05, 0) is 24.5 Å². The molecule has 2 aliphatic rings. The molecule has 82 valence electrons. The zero-order chi connectivity index (χ0) is 11.1. The third-order valence-electron chi connectivity index (χ3n) is 3.00. The second-order valence-corrected chi connectivity index (χ2v) is 5.52. The molecule has 0 aromatic heterocycles. The molecule has 1 atom stereocenters. The Bertz CT molecular complexity index is 492. The number of carbonyl (C=O) groups is 1. The van der Waals surface area contributed by atoms with Crippen LogP contribution < -0.4 is 5.32 Å². The first kappa shape index (κ1) is 9.97. The molecular weight excluding hydrogens is 218 g/mol. The Hall–Kier alpha value is -1.22. The van der Waals surface area contributed by atoms with Crippen molar-refractivity contribution >= 4 is 23.2 Å². The largest absolute Gasteiger partial charge is 0.357 e. The Labute approximate surface area is 99.1 Å². The molecule has 0 saturated heterocycles. The van der Waals surface area contributed by atoms with E-state index in [0.717, 1.165) is 27.6 Å². The van der Waals surface area contributed by atoms with Gasteiger partial charge in [-0.25, -0.2) is 0 Å². The van der Waals surface area contributed by atoms with Gasteiger partial charge >= 0.3 is 0 Å². The van der Waals surface area contributed by atoms with Gasteiger partial charge in [0, 0.05) is 17.0 Å². The molecule has 16 heavy (non-hydrogen) atoms. The Morgan fingerprint density at radius 2 is 2.12 bits per heavy atom. The fraction of sp³-hybridized carbons (Fsp3) is 0.308. The summed E-state index contributed by atoms with van der Waals surface area (Å²) in [5, 5.41) is 3.40. The number of benzene rings is 1. The zero-order valence-electron chi connectivity index (χ0n) is 9.12. The number of ketones is 1. The monoisotopic (exact) mass is 231 g/mol. The van der Waals surface area contributed by atoms with E-state index >= 15 is 0 Å². The molecule has 1 aromatic rings. The number of para-hydroxylation sites is 1. The fourth-order valence-electron chi connectivity index (χ4n) is 2.25. The molecule has 1 aliphatic heterocycles. The molecule has 1 aliphatic carbocycles. The van der Waals surface area contributed by atoms with Crippen molar-refractivity contribution < 1.29 is 4.79 Å². The van der Waals surface area contributed by atoms with E-state index in [2.05, 4.69) is 24.4 Å². The summed E-state index contributed by atoms with van der Waals surface area (Å²) >= 11 is 1.62. The number of rotatable bonds is 0. The smallest absolute Gasteiger partial charge is 0.171 e. The van der Waals surface area contributed by atoms with Crippen LogP contribution in [0, 0.1) is 5.92 Å². The van der Waals surface area contributed by atoms with Crippen LogP contribution in [-0.2, 0) is 4.79 Å². The number of anilines is 1. The summed E-state index contributed by atoms with van der Waals surface area (Å²) in [6.07, 6.45) is 1.68. The molecular formula is C13H13NOS. The lowest BCUT2D eigenvalue weighted by atomic mass is 9.92. The lowest BCUT2D eigenvalue weighted by molar-refractivity contribution is -0.116. The highest BCUT2D eigenvalue weighted by Crippen LogP contribution is 2.44. The lowest BCUT2D eigenvalue weighted by Crippen LogP contribution is -2.22. The first-order valence-corrected chi connectivity index (χ1v) is 6.36. The number of allylic oxidation sites excluding steroid dienone is 2. The van der Waals surface area contributed by atoms with Crippen LogP contribution in [0.1, 0.15) is 19.8 Å². The van der Waals surface area contributed by atoms with Crippen molar-refractivity contribution in [1.82, 2.24) is 0 Å². The number of carbonyl (C=O) groups excluding carboxylic acids is 1. The van der Waals surface area contributed by atoms with Gasteiger partial charge in [0.05, 0.1) is 10.6 Å². The number of thioether (sulfide) groups is 1. The number of fused-ring (bicyclic) bond motifs is 1. The van der Waals surface area contributed by atoms with E-state index < -0.39 is 0 Å². The minimum absolute atomic E-state index is 0.292. The van der Waals surface area contributed by atoms with E-state index in [4.69, 9.17) is 0 Å². The maximum Gasteiger partial charge on any atom is 0.171 e. The average Bonchev–Trinajstić information content (AvgIpc) is 2.27. The SMILES string of the molecule is C[C@@H]1CC(=O)C2=C(C1)Nc1ccccc1S2. The third kappa shape index (κ3) is 1.55. The van der Waals surface area contributed by atoms with Crippen LogP contribution in [0.15, 0.2) is 39.8 Å². The molecule has 0 saturated carbocycles. The summed E-state index contributed by atoms with van der Waals surface area (Å²) in [4.78, 5) is 14.0. The maximum atomic E-state index is 11.9. The maximum absolute atomic E-state index is 11.9. The van der Waals surface area contributed by atoms with Crippen molar-refractivity contribution in [2.24, 2.45) is 5.92 Å². The van der Waals surface area contributed by atoms with Crippen molar-refractivity contribution in [2.75, 3.05) is 5.32 Å². The molecule has 1 N–H and O–H groups in total. The molecule has 0 fully saturated rings. The normalized spacial score (nSPS) is 23.6. The third-order valence-corrected chi connectivity index (χ3v) is 4.25. The van der Waals surface area contributed by atoms with Crippen LogP contribution in [0.5, 0.6) is 0 Å². The highest BCUT2D eigenvalue weighted by atomic mass is 32.2. The first-order valence-electron chi connectivity index (χ1n) is 5.54. The second kappa shape index (κ2) is 3.67. The fourth-order valence-corrected chi connectivity index (χ4v) is 3.30. The summed E-state index contributed by atoms with van der Waals surface area (Å²) < 4.78 is 0. The minimum Gasteiger partial charge on any atom is -0.357 e. The van der Waals surface area contributed by atoms with Gasteiger partial charge in [0.2, 0.25) is 0 Å². The number of hydrogen-bond donors (Lipinski definition) is 1. The van der Waals surface area contributed by atoms with Crippen molar-refractivity contribution in [3.05, 3.63) is 34.9 Å². The van der Waals surface area contributed by atoms with Gasteiger partial charge in [0.25, 0.3) is 0 Å².